The van der Waals surface area contributed by atoms with Gasteiger partial charge in [0.1, 0.15) is 0 Å². The van der Waals surface area contributed by atoms with Crippen LogP contribution in [0.3, 0.4) is 0 Å². The minimum absolute atomic E-state index is 1.02. The second kappa shape index (κ2) is 5.55. The Kier molecular flexibility index (Phi) is 4.27. The molecule has 0 bridgehead atoms. The summed E-state index contributed by atoms with van der Waals surface area (Å²) in [5.41, 5.74) is 1.37. The van der Waals surface area contributed by atoms with Crippen LogP contribution in [0.4, 0.5) is 0 Å². The second-order valence-corrected chi connectivity index (χ2v) is 3.30. The third-order valence-corrected chi connectivity index (χ3v) is 2.01. The molecule has 0 saturated carbocycles. The van der Waals surface area contributed by atoms with E-state index in [1.54, 1.807) is 0 Å². The summed E-state index contributed by atoms with van der Waals surface area (Å²) in [4.78, 5) is 2.30. The molecule has 1 heteroatoms. The van der Waals surface area contributed by atoms with E-state index in [0.29, 0.717) is 0 Å². The van der Waals surface area contributed by atoms with Crippen molar-refractivity contribution < 1.29 is 0 Å². The van der Waals surface area contributed by atoms with Gasteiger partial charge in [0, 0.05) is 13.1 Å². The SMILES string of the molecule is C=CCCN(C)Cc1ccccc1. The van der Waals surface area contributed by atoms with Crippen molar-refractivity contribution in [1.82, 2.24) is 4.90 Å². The average Bonchev–Trinajstić information content (AvgIpc) is 2.16. The molecule has 0 aliphatic rings. The Morgan fingerprint density at radius 1 is 1.31 bits per heavy atom. The zero-order valence-corrected chi connectivity index (χ0v) is 8.24. The Morgan fingerprint density at radius 3 is 2.62 bits per heavy atom. The highest BCUT2D eigenvalue weighted by atomic mass is 15.1. The highest BCUT2D eigenvalue weighted by Gasteiger charge is 1.97. The maximum atomic E-state index is 3.71. The Hall–Kier alpha value is -1.08. The van der Waals surface area contributed by atoms with Crippen molar-refractivity contribution in [3.63, 3.8) is 0 Å². The van der Waals surface area contributed by atoms with Crippen molar-refractivity contribution in [3.8, 4) is 0 Å². The first-order valence-corrected chi connectivity index (χ1v) is 4.66. The van der Waals surface area contributed by atoms with Crippen LogP contribution < -0.4 is 0 Å². The van der Waals surface area contributed by atoms with Gasteiger partial charge in [-0.3, -0.25) is 0 Å². The molecule has 1 nitrogen and oxygen atoms in total. The van der Waals surface area contributed by atoms with Gasteiger partial charge in [-0.05, 0) is 19.0 Å². The lowest BCUT2D eigenvalue weighted by molar-refractivity contribution is 0.333. The monoisotopic (exact) mass is 175 g/mol. The van der Waals surface area contributed by atoms with Gasteiger partial charge in [0.25, 0.3) is 0 Å². The summed E-state index contributed by atoms with van der Waals surface area (Å²) in [5, 5.41) is 0. The molecule has 0 amide bonds. The highest BCUT2D eigenvalue weighted by molar-refractivity contribution is 5.14. The van der Waals surface area contributed by atoms with Crippen LogP contribution in [0.5, 0.6) is 0 Å². The quantitative estimate of drug-likeness (QED) is 0.622. The molecule has 0 aromatic heterocycles. The average molecular weight is 175 g/mol. The molecule has 0 atom stereocenters. The third-order valence-electron chi connectivity index (χ3n) is 2.01. The van der Waals surface area contributed by atoms with Crippen LogP contribution in [0, 0.1) is 0 Å². The summed E-state index contributed by atoms with van der Waals surface area (Å²) in [6, 6.07) is 10.5. The first-order chi connectivity index (χ1) is 6.33. The molecule has 1 rings (SSSR count). The smallest absolute Gasteiger partial charge is 0.0230 e. The van der Waals surface area contributed by atoms with Gasteiger partial charge < -0.3 is 4.90 Å². The third kappa shape index (κ3) is 3.90. The lowest BCUT2D eigenvalue weighted by Crippen LogP contribution is -2.18. The van der Waals surface area contributed by atoms with Crippen molar-refractivity contribution in [2.75, 3.05) is 13.6 Å². The van der Waals surface area contributed by atoms with Gasteiger partial charge in [-0.25, -0.2) is 0 Å². The maximum Gasteiger partial charge on any atom is 0.0230 e. The fourth-order valence-electron chi connectivity index (χ4n) is 1.29. The van der Waals surface area contributed by atoms with E-state index in [4.69, 9.17) is 0 Å². The summed E-state index contributed by atoms with van der Waals surface area (Å²) in [5.74, 6) is 0. The molecule has 0 N–H and O–H groups in total. The van der Waals surface area contributed by atoms with E-state index >= 15 is 0 Å². The molecular weight excluding hydrogens is 158 g/mol. The minimum Gasteiger partial charge on any atom is -0.302 e. The Labute approximate surface area is 80.7 Å². The molecule has 0 heterocycles. The Balaban J connectivity index is 2.36. The predicted molar refractivity (Wildman–Crippen MR) is 57.6 cm³/mol. The summed E-state index contributed by atoms with van der Waals surface area (Å²) >= 11 is 0. The van der Waals surface area contributed by atoms with Gasteiger partial charge in [0.2, 0.25) is 0 Å². The summed E-state index contributed by atoms with van der Waals surface area (Å²) in [6.45, 7) is 5.82. The van der Waals surface area contributed by atoms with Gasteiger partial charge >= 0.3 is 0 Å². The molecule has 0 saturated heterocycles. The lowest BCUT2D eigenvalue weighted by atomic mass is 10.2. The molecule has 0 unspecified atom stereocenters. The molecule has 1 aromatic carbocycles. The fourth-order valence-corrected chi connectivity index (χ4v) is 1.29. The molecule has 70 valence electrons. The van der Waals surface area contributed by atoms with Crippen LogP contribution in [0.25, 0.3) is 0 Å². The number of hydrogen-bond donors (Lipinski definition) is 0. The summed E-state index contributed by atoms with van der Waals surface area (Å²) < 4.78 is 0. The van der Waals surface area contributed by atoms with Crippen LogP contribution in [0.2, 0.25) is 0 Å². The van der Waals surface area contributed by atoms with E-state index in [0.717, 1.165) is 19.5 Å². The van der Waals surface area contributed by atoms with Crippen molar-refractivity contribution in [2.24, 2.45) is 0 Å². The van der Waals surface area contributed by atoms with Crippen LogP contribution in [0.1, 0.15) is 12.0 Å². The highest BCUT2D eigenvalue weighted by Crippen LogP contribution is 2.02. The number of benzene rings is 1. The van der Waals surface area contributed by atoms with Gasteiger partial charge in [-0.1, -0.05) is 36.4 Å². The van der Waals surface area contributed by atoms with Gasteiger partial charge in [0.05, 0.1) is 0 Å². The second-order valence-electron chi connectivity index (χ2n) is 3.30. The largest absolute Gasteiger partial charge is 0.302 e. The lowest BCUT2D eigenvalue weighted by Gasteiger charge is -2.15. The standard InChI is InChI=1S/C12H17N/c1-3-4-10-13(2)11-12-8-6-5-7-9-12/h3,5-9H,1,4,10-11H2,2H3. The predicted octanol–water partition coefficient (Wildman–Crippen LogP) is 2.69. The first-order valence-electron chi connectivity index (χ1n) is 4.66. The van der Waals surface area contributed by atoms with Crippen LogP contribution in [0.15, 0.2) is 43.0 Å². The Morgan fingerprint density at radius 2 is 2.00 bits per heavy atom. The summed E-state index contributed by atoms with van der Waals surface area (Å²) in [6.07, 6.45) is 3.02. The molecule has 0 fully saturated rings. The van der Waals surface area contributed by atoms with Gasteiger partial charge in [0.15, 0.2) is 0 Å². The van der Waals surface area contributed by atoms with E-state index < -0.39 is 0 Å². The summed E-state index contributed by atoms with van der Waals surface area (Å²) in [7, 11) is 2.14. The van der Waals surface area contributed by atoms with Crippen LogP contribution in [-0.4, -0.2) is 18.5 Å². The van der Waals surface area contributed by atoms with Crippen LogP contribution in [-0.2, 0) is 6.54 Å². The Bertz CT molecular complexity index is 241. The molecule has 13 heavy (non-hydrogen) atoms. The molecule has 0 aliphatic heterocycles. The van der Waals surface area contributed by atoms with Crippen molar-refractivity contribution in [3.05, 3.63) is 48.6 Å². The molecule has 0 radical (unpaired) electrons. The number of nitrogens with zero attached hydrogens (tertiary/aromatic N) is 1. The van der Waals surface area contributed by atoms with Crippen LogP contribution >= 0.6 is 0 Å². The number of hydrogen-bond acceptors (Lipinski definition) is 1. The van der Waals surface area contributed by atoms with Gasteiger partial charge in [-0.2, -0.15) is 0 Å². The molecule has 0 aliphatic carbocycles. The molecule has 0 spiro atoms. The topological polar surface area (TPSA) is 3.24 Å². The van der Waals surface area contributed by atoms with Crippen molar-refractivity contribution in [1.29, 1.82) is 0 Å². The zero-order chi connectivity index (χ0) is 9.52. The molecular formula is C12H17N. The van der Waals surface area contributed by atoms with Crippen molar-refractivity contribution in [2.45, 2.75) is 13.0 Å². The molecule has 1 aromatic rings. The van der Waals surface area contributed by atoms with E-state index in [1.165, 1.54) is 5.56 Å². The number of rotatable bonds is 5. The van der Waals surface area contributed by atoms with E-state index in [9.17, 15) is 0 Å². The fraction of sp³-hybridized carbons (Fsp3) is 0.333. The zero-order valence-electron chi connectivity index (χ0n) is 8.24. The van der Waals surface area contributed by atoms with E-state index in [2.05, 4.69) is 42.8 Å². The van der Waals surface area contributed by atoms with Crippen molar-refractivity contribution >= 4 is 0 Å². The van der Waals surface area contributed by atoms with Gasteiger partial charge in [-0.15, -0.1) is 6.58 Å². The minimum atomic E-state index is 1.02. The van der Waals surface area contributed by atoms with E-state index in [-0.39, 0.29) is 0 Å². The van der Waals surface area contributed by atoms with E-state index in [1.807, 2.05) is 12.1 Å². The maximum absolute atomic E-state index is 3.71. The normalized spacial score (nSPS) is 10.3. The first kappa shape index (κ1) is 10.0.